The van der Waals surface area contributed by atoms with Gasteiger partial charge in [-0.05, 0) is 49.3 Å². The first-order chi connectivity index (χ1) is 12.7. The number of hydrogen-bond acceptors (Lipinski definition) is 4. The molecule has 1 aromatic carbocycles. The summed E-state index contributed by atoms with van der Waals surface area (Å²) in [4.78, 5) is 4.27. The molecule has 1 saturated heterocycles. The Balaban J connectivity index is 0.00000364. The summed E-state index contributed by atoms with van der Waals surface area (Å²) < 4.78 is 16.4. The number of nitrogens with zero attached hydrogens (tertiary/aromatic N) is 1. The van der Waals surface area contributed by atoms with Crippen molar-refractivity contribution in [2.75, 3.05) is 47.1 Å². The Bertz CT molecular complexity index is 563. The van der Waals surface area contributed by atoms with Gasteiger partial charge in [0.25, 0.3) is 0 Å². The van der Waals surface area contributed by atoms with Crippen LogP contribution < -0.4 is 15.4 Å². The number of nitrogens with one attached hydrogen (secondary N) is 2. The van der Waals surface area contributed by atoms with Crippen LogP contribution in [0.2, 0.25) is 0 Å². The number of methoxy groups -OCH3 is 1. The Morgan fingerprint density at radius 2 is 2.04 bits per heavy atom. The van der Waals surface area contributed by atoms with E-state index in [2.05, 4.69) is 34.7 Å². The van der Waals surface area contributed by atoms with Crippen molar-refractivity contribution in [3.63, 3.8) is 0 Å². The molecule has 2 N–H and O–H groups in total. The summed E-state index contributed by atoms with van der Waals surface area (Å²) in [6, 6.07) is 6.19. The first-order valence-electron chi connectivity index (χ1n) is 9.46. The van der Waals surface area contributed by atoms with Gasteiger partial charge in [0.15, 0.2) is 5.96 Å². The average molecular weight is 491 g/mol. The van der Waals surface area contributed by atoms with Gasteiger partial charge in [-0.15, -0.1) is 24.0 Å². The molecule has 7 heteroatoms. The van der Waals surface area contributed by atoms with E-state index in [1.54, 1.807) is 14.2 Å². The van der Waals surface area contributed by atoms with Crippen LogP contribution in [0.5, 0.6) is 5.75 Å². The largest absolute Gasteiger partial charge is 0.496 e. The number of aliphatic imine (C=N–C) groups is 1. The van der Waals surface area contributed by atoms with Crippen LogP contribution >= 0.6 is 24.0 Å². The van der Waals surface area contributed by atoms with Crippen LogP contribution in [-0.2, 0) is 16.0 Å². The van der Waals surface area contributed by atoms with E-state index >= 15 is 0 Å². The molecule has 0 unspecified atom stereocenters. The van der Waals surface area contributed by atoms with Gasteiger partial charge in [-0.1, -0.05) is 12.1 Å². The SMILES string of the molecule is CN=C(NCCCOCC1CCOCC1)NCc1ccc(OC)c(C)c1.I. The van der Waals surface area contributed by atoms with E-state index in [1.807, 2.05) is 6.07 Å². The van der Waals surface area contributed by atoms with Gasteiger partial charge >= 0.3 is 0 Å². The zero-order chi connectivity index (χ0) is 18.6. The molecule has 1 aliphatic heterocycles. The van der Waals surface area contributed by atoms with Crippen LogP contribution in [0.15, 0.2) is 23.2 Å². The van der Waals surface area contributed by atoms with Crippen LogP contribution in [0, 0.1) is 12.8 Å². The maximum atomic E-state index is 5.79. The predicted molar refractivity (Wildman–Crippen MR) is 120 cm³/mol. The summed E-state index contributed by atoms with van der Waals surface area (Å²) in [5.74, 6) is 2.39. The molecule has 0 saturated carbocycles. The number of ether oxygens (including phenoxy) is 3. The number of rotatable bonds is 9. The number of hydrogen-bond donors (Lipinski definition) is 2. The van der Waals surface area contributed by atoms with Gasteiger partial charge < -0.3 is 24.8 Å². The molecule has 0 aromatic heterocycles. The van der Waals surface area contributed by atoms with Gasteiger partial charge in [-0.2, -0.15) is 0 Å². The molecule has 6 nitrogen and oxygen atoms in total. The van der Waals surface area contributed by atoms with E-state index in [1.165, 1.54) is 5.56 Å². The molecule has 0 spiro atoms. The monoisotopic (exact) mass is 491 g/mol. The predicted octanol–water partition coefficient (Wildman–Crippen LogP) is 3.12. The van der Waals surface area contributed by atoms with E-state index in [0.29, 0.717) is 5.92 Å². The minimum atomic E-state index is 0. The van der Waals surface area contributed by atoms with Crippen molar-refractivity contribution in [1.82, 2.24) is 10.6 Å². The first kappa shape index (κ1) is 24.0. The quantitative estimate of drug-likeness (QED) is 0.241. The molecule has 2 rings (SSSR count). The summed E-state index contributed by atoms with van der Waals surface area (Å²) in [5, 5.41) is 6.67. The van der Waals surface area contributed by atoms with E-state index in [-0.39, 0.29) is 24.0 Å². The number of guanidine groups is 1. The minimum Gasteiger partial charge on any atom is -0.496 e. The second-order valence-electron chi connectivity index (χ2n) is 6.64. The van der Waals surface area contributed by atoms with Crippen molar-refractivity contribution in [2.24, 2.45) is 10.9 Å². The molecule has 0 radical (unpaired) electrons. The van der Waals surface area contributed by atoms with Crippen LogP contribution in [0.4, 0.5) is 0 Å². The third-order valence-corrected chi connectivity index (χ3v) is 4.60. The van der Waals surface area contributed by atoms with Gasteiger partial charge in [0, 0.05) is 46.6 Å². The lowest BCUT2D eigenvalue weighted by Crippen LogP contribution is -2.37. The van der Waals surface area contributed by atoms with Crippen LogP contribution in [0.3, 0.4) is 0 Å². The highest BCUT2D eigenvalue weighted by Gasteiger charge is 2.13. The molecule has 0 aliphatic carbocycles. The zero-order valence-corrected chi connectivity index (χ0v) is 19.1. The average Bonchev–Trinajstić information content (AvgIpc) is 2.67. The molecule has 1 aromatic rings. The maximum Gasteiger partial charge on any atom is 0.191 e. The van der Waals surface area contributed by atoms with Crippen LogP contribution in [0.25, 0.3) is 0 Å². The number of benzene rings is 1. The van der Waals surface area contributed by atoms with Gasteiger partial charge in [-0.25, -0.2) is 0 Å². The lowest BCUT2D eigenvalue weighted by atomic mass is 10.0. The van der Waals surface area contributed by atoms with Crippen LogP contribution in [-0.4, -0.2) is 53.1 Å². The molecular weight excluding hydrogens is 457 g/mol. The van der Waals surface area contributed by atoms with Crippen LogP contribution in [0.1, 0.15) is 30.4 Å². The highest BCUT2D eigenvalue weighted by Crippen LogP contribution is 2.18. The van der Waals surface area contributed by atoms with Crippen molar-refractivity contribution < 1.29 is 14.2 Å². The summed E-state index contributed by atoms with van der Waals surface area (Å²) in [5.41, 5.74) is 2.34. The Labute approximate surface area is 180 Å². The Morgan fingerprint density at radius 3 is 2.70 bits per heavy atom. The van der Waals surface area contributed by atoms with Gasteiger partial charge in [-0.3, -0.25) is 4.99 Å². The van der Waals surface area contributed by atoms with Crippen molar-refractivity contribution >= 4 is 29.9 Å². The van der Waals surface area contributed by atoms with Crippen molar-refractivity contribution in [1.29, 1.82) is 0 Å². The fraction of sp³-hybridized carbons (Fsp3) is 0.650. The third-order valence-electron chi connectivity index (χ3n) is 4.60. The van der Waals surface area contributed by atoms with Crippen molar-refractivity contribution in [3.05, 3.63) is 29.3 Å². The topological polar surface area (TPSA) is 64.1 Å². The summed E-state index contributed by atoms with van der Waals surface area (Å²) in [6.45, 7) is 7.01. The minimum absolute atomic E-state index is 0. The van der Waals surface area contributed by atoms with E-state index in [9.17, 15) is 0 Å². The second kappa shape index (κ2) is 14.0. The fourth-order valence-corrected chi connectivity index (χ4v) is 3.00. The molecule has 154 valence electrons. The molecule has 27 heavy (non-hydrogen) atoms. The molecule has 1 heterocycles. The lowest BCUT2D eigenvalue weighted by molar-refractivity contribution is 0.0203. The Morgan fingerprint density at radius 1 is 1.26 bits per heavy atom. The zero-order valence-electron chi connectivity index (χ0n) is 16.8. The van der Waals surface area contributed by atoms with Gasteiger partial charge in [0.2, 0.25) is 0 Å². The van der Waals surface area contributed by atoms with Gasteiger partial charge in [0.1, 0.15) is 5.75 Å². The first-order valence-corrected chi connectivity index (χ1v) is 9.46. The molecular formula is C20H34IN3O3. The third kappa shape index (κ3) is 9.12. The van der Waals surface area contributed by atoms with Gasteiger partial charge in [0.05, 0.1) is 7.11 Å². The molecule has 0 bridgehead atoms. The number of aryl methyl sites for hydroxylation is 1. The summed E-state index contributed by atoms with van der Waals surface area (Å²) in [6.07, 6.45) is 3.21. The van der Waals surface area contributed by atoms with E-state index < -0.39 is 0 Å². The smallest absolute Gasteiger partial charge is 0.191 e. The molecule has 1 aliphatic rings. The Hall–Kier alpha value is -1.06. The van der Waals surface area contributed by atoms with E-state index in [0.717, 1.165) is 76.1 Å². The lowest BCUT2D eigenvalue weighted by Gasteiger charge is -2.21. The highest BCUT2D eigenvalue weighted by molar-refractivity contribution is 14.0. The molecule has 0 amide bonds. The second-order valence-corrected chi connectivity index (χ2v) is 6.64. The highest BCUT2D eigenvalue weighted by atomic mass is 127. The summed E-state index contributed by atoms with van der Waals surface area (Å²) in [7, 11) is 3.48. The maximum absolute atomic E-state index is 5.79. The normalized spacial score (nSPS) is 15.1. The molecule has 1 fully saturated rings. The fourth-order valence-electron chi connectivity index (χ4n) is 3.00. The van der Waals surface area contributed by atoms with Crippen molar-refractivity contribution in [3.8, 4) is 5.75 Å². The van der Waals surface area contributed by atoms with E-state index in [4.69, 9.17) is 14.2 Å². The summed E-state index contributed by atoms with van der Waals surface area (Å²) >= 11 is 0. The van der Waals surface area contributed by atoms with Crippen molar-refractivity contribution in [2.45, 2.75) is 32.7 Å². The molecule has 0 atom stereocenters. The Kier molecular flexibility index (Phi) is 12.4. The number of halogens is 1. The standard InChI is InChI=1S/C20H33N3O3.HI/c1-16-13-18(5-6-19(16)24-3)14-23-20(21-2)22-9-4-10-26-15-17-7-11-25-12-8-17;/h5-6,13,17H,4,7-12,14-15H2,1-3H3,(H2,21,22,23);1H.